The van der Waals surface area contributed by atoms with E-state index in [9.17, 15) is 0 Å². The van der Waals surface area contributed by atoms with E-state index in [1.54, 1.807) is 7.11 Å². The molecule has 0 aromatic heterocycles. The molecule has 0 saturated heterocycles. The monoisotopic (exact) mass is 206 g/mol. The maximum Gasteiger partial charge on any atom is 0.0637 e. The Balaban J connectivity index is 2.18. The molecule has 0 atom stereocenters. The molecule has 0 saturated carbocycles. The second-order valence-electron chi connectivity index (χ2n) is 3.97. The van der Waals surface area contributed by atoms with Crippen LogP contribution in [0.2, 0.25) is 0 Å². The Hall–Kier alpha value is -1.22. The van der Waals surface area contributed by atoms with Crippen molar-refractivity contribution in [2.45, 2.75) is 12.8 Å². The zero-order chi connectivity index (χ0) is 10.7. The van der Waals surface area contributed by atoms with E-state index in [-0.39, 0.29) is 0 Å². The van der Waals surface area contributed by atoms with Crippen LogP contribution in [0.15, 0.2) is 18.2 Å². The molecule has 1 aliphatic rings. The van der Waals surface area contributed by atoms with Gasteiger partial charge in [0.05, 0.1) is 6.61 Å². The number of aryl methyl sites for hydroxylation is 1. The van der Waals surface area contributed by atoms with Gasteiger partial charge in [-0.25, -0.2) is 0 Å². The molecule has 1 heterocycles. The molecule has 2 N–H and O–H groups in total. The van der Waals surface area contributed by atoms with Gasteiger partial charge in [0.2, 0.25) is 0 Å². The Bertz CT molecular complexity index is 338. The summed E-state index contributed by atoms with van der Waals surface area (Å²) < 4.78 is 5.12. The first-order valence-electron chi connectivity index (χ1n) is 5.43. The van der Waals surface area contributed by atoms with Crippen LogP contribution in [0.3, 0.4) is 0 Å². The summed E-state index contributed by atoms with van der Waals surface area (Å²) in [6.45, 7) is 2.87. The van der Waals surface area contributed by atoms with Crippen molar-refractivity contribution in [2.75, 3.05) is 37.4 Å². The molecule has 0 bridgehead atoms. The van der Waals surface area contributed by atoms with Gasteiger partial charge in [0, 0.05) is 31.6 Å². The molecule has 82 valence electrons. The van der Waals surface area contributed by atoms with Crippen LogP contribution in [0.5, 0.6) is 0 Å². The maximum atomic E-state index is 5.78. The highest BCUT2D eigenvalue weighted by Gasteiger charge is 2.15. The minimum Gasteiger partial charge on any atom is -0.399 e. The van der Waals surface area contributed by atoms with Gasteiger partial charge in [0.25, 0.3) is 0 Å². The van der Waals surface area contributed by atoms with Crippen molar-refractivity contribution >= 4 is 11.4 Å². The lowest BCUT2D eigenvalue weighted by molar-refractivity contribution is 0.205. The SMILES string of the molecule is COCCN1CCCc2cc(N)ccc21. The molecule has 0 radical (unpaired) electrons. The number of anilines is 2. The van der Waals surface area contributed by atoms with Crippen molar-refractivity contribution in [1.82, 2.24) is 0 Å². The molecule has 2 rings (SSSR count). The van der Waals surface area contributed by atoms with Gasteiger partial charge < -0.3 is 15.4 Å². The summed E-state index contributed by atoms with van der Waals surface area (Å²) >= 11 is 0. The molecule has 0 aliphatic carbocycles. The minimum atomic E-state index is 0.782. The fourth-order valence-electron chi connectivity index (χ4n) is 2.13. The lowest BCUT2D eigenvalue weighted by Gasteiger charge is -2.31. The Morgan fingerprint density at radius 1 is 1.47 bits per heavy atom. The van der Waals surface area contributed by atoms with Gasteiger partial charge in [0.15, 0.2) is 0 Å². The van der Waals surface area contributed by atoms with Crippen LogP contribution < -0.4 is 10.6 Å². The zero-order valence-electron chi connectivity index (χ0n) is 9.20. The van der Waals surface area contributed by atoms with E-state index in [1.165, 1.54) is 17.7 Å². The third kappa shape index (κ3) is 2.23. The van der Waals surface area contributed by atoms with Crippen molar-refractivity contribution in [3.8, 4) is 0 Å². The maximum absolute atomic E-state index is 5.78. The molecular formula is C12H18N2O. The minimum absolute atomic E-state index is 0.782. The summed E-state index contributed by atoms with van der Waals surface area (Å²) in [5.41, 5.74) is 9.35. The number of fused-ring (bicyclic) bond motifs is 1. The van der Waals surface area contributed by atoms with Gasteiger partial charge in [-0.2, -0.15) is 0 Å². The first kappa shape index (κ1) is 10.3. The molecule has 1 aromatic rings. The number of rotatable bonds is 3. The van der Waals surface area contributed by atoms with Crippen LogP contribution in [-0.4, -0.2) is 26.8 Å². The quantitative estimate of drug-likeness (QED) is 0.764. The number of benzene rings is 1. The third-order valence-electron chi connectivity index (χ3n) is 2.88. The van der Waals surface area contributed by atoms with Crippen molar-refractivity contribution in [3.63, 3.8) is 0 Å². The normalized spacial score (nSPS) is 15.1. The lowest BCUT2D eigenvalue weighted by atomic mass is 10.0. The average Bonchev–Trinajstić information content (AvgIpc) is 2.25. The van der Waals surface area contributed by atoms with E-state index in [0.29, 0.717) is 0 Å². The van der Waals surface area contributed by atoms with E-state index in [1.807, 2.05) is 6.07 Å². The Kier molecular flexibility index (Phi) is 3.11. The van der Waals surface area contributed by atoms with Crippen LogP contribution >= 0.6 is 0 Å². The van der Waals surface area contributed by atoms with E-state index in [2.05, 4.69) is 17.0 Å². The van der Waals surface area contributed by atoms with Gasteiger partial charge >= 0.3 is 0 Å². The predicted octanol–water partition coefficient (Wildman–Crippen LogP) is 1.67. The fraction of sp³-hybridized carbons (Fsp3) is 0.500. The molecule has 3 nitrogen and oxygen atoms in total. The van der Waals surface area contributed by atoms with Crippen molar-refractivity contribution < 1.29 is 4.74 Å². The number of nitrogens with zero attached hydrogens (tertiary/aromatic N) is 1. The molecule has 0 spiro atoms. The van der Waals surface area contributed by atoms with Crippen molar-refractivity contribution in [2.24, 2.45) is 0 Å². The highest BCUT2D eigenvalue weighted by Crippen LogP contribution is 2.28. The van der Waals surface area contributed by atoms with E-state index in [0.717, 1.165) is 31.8 Å². The summed E-state index contributed by atoms with van der Waals surface area (Å²) in [5.74, 6) is 0. The van der Waals surface area contributed by atoms with Gasteiger partial charge in [-0.3, -0.25) is 0 Å². The summed E-state index contributed by atoms with van der Waals surface area (Å²) in [4.78, 5) is 2.38. The molecule has 15 heavy (non-hydrogen) atoms. The van der Waals surface area contributed by atoms with Crippen LogP contribution in [0.4, 0.5) is 11.4 Å². The third-order valence-corrected chi connectivity index (χ3v) is 2.88. The molecule has 0 fully saturated rings. The highest BCUT2D eigenvalue weighted by molar-refractivity contribution is 5.61. The van der Waals surface area contributed by atoms with E-state index >= 15 is 0 Å². The molecule has 0 unspecified atom stereocenters. The van der Waals surface area contributed by atoms with E-state index in [4.69, 9.17) is 10.5 Å². The zero-order valence-corrected chi connectivity index (χ0v) is 9.20. The number of ether oxygens (including phenoxy) is 1. The lowest BCUT2D eigenvalue weighted by Crippen LogP contribution is -2.32. The van der Waals surface area contributed by atoms with Crippen molar-refractivity contribution in [3.05, 3.63) is 23.8 Å². The van der Waals surface area contributed by atoms with E-state index < -0.39 is 0 Å². The first-order valence-corrected chi connectivity index (χ1v) is 5.43. The summed E-state index contributed by atoms with van der Waals surface area (Å²) in [7, 11) is 1.74. The molecule has 0 amide bonds. The molecular weight excluding hydrogens is 188 g/mol. The van der Waals surface area contributed by atoms with Crippen molar-refractivity contribution in [1.29, 1.82) is 0 Å². The highest BCUT2D eigenvalue weighted by atomic mass is 16.5. The number of methoxy groups -OCH3 is 1. The number of nitrogen functional groups attached to an aromatic ring is 1. The Labute approximate surface area is 90.8 Å². The van der Waals surface area contributed by atoms with Gasteiger partial charge in [-0.15, -0.1) is 0 Å². The van der Waals surface area contributed by atoms with Gasteiger partial charge in [-0.1, -0.05) is 0 Å². The van der Waals surface area contributed by atoms with Crippen LogP contribution in [0, 0.1) is 0 Å². The second-order valence-corrected chi connectivity index (χ2v) is 3.97. The molecule has 1 aromatic carbocycles. The number of hydrogen-bond donors (Lipinski definition) is 1. The summed E-state index contributed by atoms with van der Waals surface area (Å²) in [6.07, 6.45) is 2.35. The average molecular weight is 206 g/mol. The van der Waals surface area contributed by atoms with Crippen LogP contribution in [0.25, 0.3) is 0 Å². The molecule has 1 aliphatic heterocycles. The Morgan fingerprint density at radius 2 is 2.33 bits per heavy atom. The topological polar surface area (TPSA) is 38.5 Å². The van der Waals surface area contributed by atoms with Crippen LogP contribution in [0.1, 0.15) is 12.0 Å². The summed E-state index contributed by atoms with van der Waals surface area (Å²) in [6, 6.07) is 6.19. The number of hydrogen-bond acceptors (Lipinski definition) is 3. The van der Waals surface area contributed by atoms with Crippen LogP contribution in [-0.2, 0) is 11.2 Å². The largest absolute Gasteiger partial charge is 0.399 e. The summed E-state index contributed by atoms with van der Waals surface area (Å²) in [5, 5.41) is 0. The standard InChI is InChI=1S/C12H18N2O/c1-15-8-7-14-6-2-3-10-9-11(13)4-5-12(10)14/h4-5,9H,2-3,6-8,13H2,1H3. The Morgan fingerprint density at radius 3 is 3.13 bits per heavy atom. The van der Waals surface area contributed by atoms with Gasteiger partial charge in [-0.05, 0) is 36.6 Å². The first-order chi connectivity index (χ1) is 7.31. The number of nitrogens with two attached hydrogens (primary N) is 1. The molecule has 3 heteroatoms. The second kappa shape index (κ2) is 4.53. The smallest absolute Gasteiger partial charge is 0.0637 e. The van der Waals surface area contributed by atoms with Gasteiger partial charge in [0.1, 0.15) is 0 Å². The predicted molar refractivity (Wildman–Crippen MR) is 63.3 cm³/mol. The fourth-order valence-corrected chi connectivity index (χ4v) is 2.13.